The molecule has 1 aromatic heterocycles. The Bertz CT molecular complexity index is 1080. The number of amides is 1. The smallest absolute Gasteiger partial charge is 0.272 e. The van der Waals surface area contributed by atoms with Gasteiger partial charge in [-0.3, -0.25) is 4.79 Å². The van der Waals surface area contributed by atoms with Gasteiger partial charge in [0.25, 0.3) is 5.91 Å². The molecule has 1 saturated carbocycles. The molecular weight excluding hydrogens is 569 g/mol. The largest absolute Gasteiger partial charge is 0.477 e. The summed E-state index contributed by atoms with van der Waals surface area (Å²) in [6.07, 6.45) is 5.73. The van der Waals surface area contributed by atoms with E-state index in [1.807, 2.05) is 12.1 Å². The summed E-state index contributed by atoms with van der Waals surface area (Å²) in [5, 5.41) is 20.8. The minimum Gasteiger partial charge on any atom is -0.477 e. The van der Waals surface area contributed by atoms with Crippen LogP contribution in [0.15, 0.2) is 30.3 Å². The standard InChI is InChI=1S/C24H25ClIN5O3/c25-20-13-19(2-1-17(20)14-27)34-24(26)9-5-18(6-10-24)28-23(33)21-3-4-22(30-29-21)31-11-7-16(15-32)8-12-31/h1-4,13,15-16,18H,5-12H2,(H,28,33)/t18-,24+. The van der Waals surface area contributed by atoms with Crippen molar-refractivity contribution in [2.24, 2.45) is 5.92 Å². The Morgan fingerprint density at radius 1 is 1.21 bits per heavy atom. The Hall–Kier alpha value is -2.45. The lowest BCUT2D eigenvalue weighted by Gasteiger charge is -2.36. The number of aldehydes is 1. The Balaban J connectivity index is 1.27. The average Bonchev–Trinajstić information content (AvgIpc) is 2.86. The molecule has 1 N–H and O–H groups in total. The first-order valence-electron chi connectivity index (χ1n) is 11.3. The summed E-state index contributed by atoms with van der Waals surface area (Å²) in [6.45, 7) is 1.53. The van der Waals surface area contributed by atoms with E-state index in [0.29, 0.717) is 22.0 Å². The maximum absolute atomic E-state index is 12.7. The fourth-order valence-electron chi connectivity index (χ4n) is 4.30. The third-order valence-corrected chi connectivity index (χ3v) is 7.98. The summed E-state index contributed by atoms with van der Waals surface area (Å²) in [5.74, 6) is 1.25. The SMILES string of the molecule is N#Cc1ccc(O[C@]2(I)CC[C@H](NC(=O)c3ccc(N4CCC(C=O)CC4)nn3)CC2)cc1Cl. The highest BCUT2D eigenvalue weighted by atomic mass is 127. The third-order valence-electron chi connectivity index (χ3n) is 6.37. The van der Waals surface area contributed by atoms with Gasteiger partial charge in [-0.25, -0.2) is 0 Å². The molecule has 0 unspecified atom stereocenters. The lowest BCUT2D eigenvalue weighted by Crippen LogP contribution is -2.43. The van der Waals surface area contributed by atoms with Gasteiger partial charge in [-0.1, -0.05) is 11.6 Å². The van der Waals surface area contributed by atoms with Crippen molar-refractivity contribution in [1.82, 2.24) is 15.5 Å². The number of nitrogens with one attached hydrogen (secondary N) is 1. The van der Waals surface area contributed by atoms with E-state index in [4.69, 9.17) is 21.6 Å². The molecule has 1 aliphatic heterocycles. The van der Waals surface area contributed by atoms with Gasteiger partial charge in [0.1, 0.15) is 18.1 Å². The van der Waals surface area contributed by atoms with Crippen molar-refractivity contribution in [2.45, 2.75) is 48.2 Å². The molecule has 2 heterocycles. The number of nitrogens with zero attached hydrogens (tertiary/aromatic N) is 4. The normalized spacial score (nSPS) is 23.1. The third kappa shape index (κ3) is 5.96. The monoisotopic (exact) mass is 593 g/mol. The average molecular weight is 594 g/mol. The van der Waals surface area contributed by atoms with Crippen LogP contribution in [0.5, 0.6) is 5.75 Å². The second kappa shape index (κ2) is 10.9. The predicted molar refractivity (Wildman–Crippen MR) is 136 cm³/mol. The molecule has 2 aliphatic rings. The molecule has 10 heteroatoms. The number of hydrogen-bond donors (Lipinski definition) is 1. The molecule has 8 nitrogen and oxygen atoms in total. The second-order valence-corrected chi connectivity index (χ2v) is 11.1. The van der Waals surface area contributed by atoms with Crippen LogP contribution < -0.4 is 15.0 Å². The number of anilines is 1. The summed E-state index contributed by atoms with van der Waals surface area (Å²) < 4.78 is 5.79. The minimum absolute atomic E-state index is 0.0346. The van der Waals surface area contributed by atoms with Crippen LogP contribution in [0.25, 0.3) is 0 Å². The Morgan fingerprint density at radius 2 is 1.94 bits per heavy atom. The number of nitriles is 1. The molecule has 4 rings (SSSR count). The number of piperidine rings is 1. The fourth-order valence-corrected chi connectivity index (χ4v) is 5.39. The minimum atomic E-state index is -0.394. The van der Waals surface area contributed by atoms with Gasteiger partial charge in [0.05, 0.1) is 10.6 Å². The van der Waals surface area contributed by atoms with E-state index >= 15 is 0 Å². The molecule has 0 bridgehead atoms. The molecule has 34 heavy (non-hydrogen) atoms. The highest BCUT2D eigenvalue weighted by Gasteiger charge is 2.35. The number of halogens is 2. The van der Waals surface area contributed by atoms with Crippen LogP contribution in [-0.2, 0) is 4.79 Å². The zero-order valence-corrected chi connectivity index (χ0v) is 21.5. The predicted octanol–water partition coefficient (Wildman–Crippen LogP) is 4.30. The van der Waals surface area contributed by atoms with E-state index in [9.17, 15) is 9.59 Å². The van der Waals surface area contributed by atoms with E-state index in [2.05, 4.69) is 43.0 Å². The van der Waals surface area contributed by atoms with Gasteiger partial charge in [-0.05, 0) is 85.4 Å². The Labute approximate surface area is 217 Å². The van der Waals surface area contributed by atoms with Gasteiger partial charge in [-0.15, -0.1) is 10.2 Å². The molecule has 178 valence electrons. The Morgan fingerprint density at radius 3 is 2.53 bits per heavy atom. The van der Waals surface area contributed by atoms with Crippen molar-refractivity contribution in [3.05, 3.63) is 46.6 Å². The van der Waals surface area contributed by atoms with Crippen LogP contribution in [-0.4, -0.2) is 45.1 Å². The van der Waals surface area contributed by atoms with E-state index in [-0.39, 0.29) is 17.9 Å². The first-order valence-corrected chi connectivity index (χ1v) is 12.8. The van der Waals surface area contributed by atoms with Gasteiger partial charge < -0.3 is 19.7 Å². The van der Waals surface area contributed by atoms with Crippen molar-refractivity contribution < 1.29 is 14.3 Å². The quantitative estimate of drug-likeness (QED) is 0.302. The summed E-state index contributed by atoms with van der Waals surface area (Å²) in [5.41, 5.74) is 0.711. The maximum Gasteiger partial charge on any atom is 0.272 e. The molecule has 1 aliphatic carbocycles. The van der Waals surface area contributed by atoms with E-state index < -0.39 is 3.61 Å². The molecule has 1 saturated heterocycles. The highest BCUT2D eigenvalue weighted by molar-refractivity contribution is 14.1. The fraction of sp³-hybridized carbons (Fsp3) is 0.458. The van der Waals surface area contributed by atoms with Gasteiger partial charge in [0.2, 0.25) is 0 Å². The molecule has 0 spiro atoms. The van der Waals surface area contributed by atoms with Gasteiger partial charge in [0, 0.05) is 31.1 Å². The number of carbonyl (C=O) groups excluding carboxylic acids is 2. The van der Waals surface area contributed by atoms with Crippen LogP contribution in [0.4, 0.5) is 5.82 Å². The molecule has 2 aromatic rings. The van der Waals surface area contributed by atoms with Crippen LogP contribution in [0.2, 0.25) is 5.02 Å². The van der Waals surface area contributed by atoms with E-state index in [0.717, 1.165) is 63.7 Å². The van der Waals surface area contributed by atoms with Crippen molar-refractivity contribution in [3.63, 3.8) is 0 Å². The van der Waals surface area contributed by atoms with E-state index in [1.165, 1.54) is 0 Å². The number of aromatic nitrogens is 2. The summed E-state index contributed by atoms with van der Waals surface area (Å²) >= 11 is 8.44. The van der Waals surface area contributed by atoms with Gasteiger partial charge in [-0.2, -0.15) is 5.26 Å². The van der Waals surface area contributed by atoms with Crippen molar-refractivity contribution in [2.75, 3.05) is 18.0 Å². The lowest BCUT2D eigenvalue weighted by atomic mass is 9.92. The molecule has 2 fully saturated rings. The number of alkyl halides is 1. The number of hydrogen-bond acceptors (Lipinski definition) is 7. The zero-order chi connectivity index (χ0) is 24.1. The molecule has 1 amide bonds. The van der Waals surface area contributed by atoms with Crippen LogP contribution in [0, 0.1) is 17.2 Å². The topological polar surface area (TPSA) is 108 Å². The molecule has 0 atom stereocenters. The number of carbonyl (C=O) groups is 2. The molecule has 0 radical (unpaired) electrons. The van der Waals surface area contributed by atoms with Crippen molar-refractivity contribution >= 4 is 52.2 Å². The summed E-state index contributed by atoms with van der Waals surface area (Å²) in [4.78, 5) is 25.7. The molecular formula is C24H25ClIN5O3. The Kier molecular flexibility index (Phi) is 7.88. The van der Waals surface area contributed by atoms with Crippen molar-refractivity contribution in [3.8, 4) is 11.8 Å². The number of rotatable bonds is 6. The van der Waals surface area contributed by atoms with Crippen LogP contribution in [0.3, 0.4) is 0 Å². The van der Waals surface area contributed by atoms with Crippen LogP contribution in [0.1, 0.15) is 54.6 Å². The van der Waals surface area contributed by atoms with Gasteiger partial charge >= 0.3 is 0 Å². The van der Waals surface area contributed by atoms with E-state index in [1.54, 1.807) is 24.3 Å². The first kappa shape index (κ1) is 24.7. The van der Waals surface area contributed by atoms with Gasteiger partial charge in [0.15, 0.2) is 15.1 Å². The first-order chi connectivity index (χ1) is 16.4. The summed E-state index contributed by atoms with van der Waals surface area (Å²) in [6, 6.07) is 10.7. The number of benzene rings is 1. The molecule has 1 aromatic carbocycles. The summed E-state index contributed by atoms with van der Waals surface area (Å²) in [7, 11) is 0. The second-order valence-electron chi connectivity index (χ2n) is 8.72. The lowest BCUT2D eigenvalue weighted by molar-refractivity contribution is -0.111. The maximum atomic E-state index is 12.7. The highest BCUT2D eigenvalue weighted by Crippen LogP contribution is 2.39. The van der Waals surface area contributed by atoms with Crippen LogP contribution >= 0.6 is 34.2 Å². The number of ether oxygens (including phenoxy) is 1. The zero-order valence-electron chi connectivity index (χ0n) is 18.5. The van der Waals surface area contributed by atoms with Crippen molar-refractivity contribution in [1.29, 1.82) is 5.26 Å².